The van der Waals surface area contributed by atoms with Gasteiger partial charge < -0.3 is 4.57 Å². The van der Waals surface area contributed by atoms with E-state index in [-0.39, 0.29) is 11.2 Å². The Hall–Kier alpha value is -1.40. The molecule has 0 radical (unpaired) electrons. The second kappa shape index (κ2) is 6.84. The molecule has 5 nitrogen and oxygen atoms in total. The molecule has 1 saturated heterocycles. The summed E-state index contributed by atoms with van der Waals surface area (Å²) in [4.78, 5) is 4.86. The van der Waals surface area contributed by atoms with Crippen LogP contribution in [-0.4, -0.2) is 40.6 Å². The van der Waals surface area contributed by atoms with Gasteiger partial charge in [0.1, 0.15) is 5.82 Å². The minimum atomic E-state index is -3.20. The number of aryl methyl sites for hydroxylation is 1. The average molecular weight is 350 g/mol. The minimum Gasteiger partial charge on any atom is -0.328 e. The number of nitrogens with zero attached hydrogens (tertiary/aromatic N) is 3. The van der Waals surface area contributed by atoms with Crippen LogP contribution in [0.4, 0.5) is 0 Å². The molecule has 0 amide bonds. The molecule has 2 aromatic rings. The lowest BCUT2D eigenvalue weighted by molar-refractivity contribution is 0.303. The number of aromatic nitrogens is 2. The van der Waals surface area contributed by atoms with Crippen molar-refractivity contribution in [2.75, 3.05) is 13.1 Å². The summed E-state index contributed by atoms with van der Waals surface area (Å²) in [6, 6.07) is 8.19. The standard InChI is InChI=1S/C18H27N3O2S/c1-4-11-21-17-10-6-5-9-16(17)19-18(21)15-8-7-12-20(13-15)24(22,23)14(2)3/h5-6,9-10,14-15H,4,7-8,11-13H2,1-3H3. The van der Waals surface area contributed by atoms with Crippen LogP contribution in [0.25, 0.3) is 11.0 Å². The van der Waals surface area contributed by atoms with Gasteiger partial charge in [-0.1, -0.05) is 19.1 Å². The van der Waals surface area contributed by atoms with E-state index in [0.29, 0.717) is 13.1 Å². The molecule has 132 valence electrons. The highest BCUT2D eigenvalue weighted by Crippen LogP contribution is 2.31. The van der Waals surface area contributed by atoms with Crippen molar-refractivity contribution in [3.8, 4) is 0 Å². The fourth-order valence-electron chi connectivity index (χ4n) is 3.55. The second-order valence-corrected chi connectivity index (χ2v) is 9.39. The van der Waals surface area contributed by atoms with Gasteiger partial charge in [-0.3, -0.25) is 0 Å². The van der Waals surface area contributed by atoms with Gasteiger partial charge in [-0.15, -0.1) is 0 Å². The zero-order valence-electron chi connectivity index (χ0n) is 14.8. The van der Waals surface area contributed by atoms with Crippen molar-refractivity contribution < 1.29 is 8.42 Å². The Kier molecular flexibility index (Phi) is 4.97. The minimum absolute atomic E-state index is 0.172. The molecule has 1 aliphatic heterocycles. The molecule has 0 spiro atoms. The molecule has 1 aromatic carbocycles. The number of piperidine rings is 1. The first-order chi connectivity index (χ1) is 11.4. The van der Waals surface area contributed by atoms with Gasteiger partial charge in [0.15, 0.2) is 0 Å². The van der Waals surface area contributed by atoms with E-state index in [9.17, 15) is 8.42 Å². The first-order valence-electron chi connectivity index (χ1n) is 8.89. The van der Waals surface area contributed by atoms with Crippen molar-refractivity contribution in [3.05, 3.63) is 30.1 Å². The normalized spacial score (nSPS) is 20.1. The number of sulfonamides is 1. The van der Waals surface area contributed by atoms with Gasteiger partial charge in [-0.05, 0) is 45.2 Å². The number of hydrogen-bond acceptors (Lipinski definition) is 3. The first-order valence-corrected chi connectivity index (χ1v) is 10.4. The summed E-state index contributed by atoms with van der Waals surface area (Å²) in [7, 11) is -3.20. The van der Waals surface area contributed by atoms with Crippen LogP contribution >= 0.6 is 0 Å². The van der Waals surface area contributed by atoms with E-state index in [1.54, 1.807) is 18.2 Å². The number of rotatable bonds is 5. The van der Waals surface area contributed by atoms with Crippen molar-refractivity contribution >= 4 is 21.1 Å². The summed E-state index contributed by atoms with van der Waals surface area (Å²) in [5, 5.41) is -0.370. The Labute approximate surface area is 144 Å². The summed E-state index contributed by atoms with van der Waals surface area (Å²) in [6.07, 6.45) is 2.93. The van der Waals surface area contributed by atoms with E-state index in [0.717, 1.165) is 42.7 Å². The number of benzene rings is 1. The van der Waals surface area contributed by atoms with Gasteiger partial charge in [-0.2, -0.15) is 0 Å². The molecule has 1 fully saturated rings. The van der Waals surface area contributed by atoms with E-state index in [1.165, 1.54) is 0 Å². The molecule has 6 heteroatoms. The summed E-state index contributed by atoms with van der Waals surface area (Å²) in [6.45, 7) is 7.77. The smallest absolute Gasteiger partial charge is 0.216 e. The lowest BCUT2D eigenvalue weighted by Crippen LogP contribution is -2.42. The van der Waals surface area contributed by atoms with Crippen LogP contribution in [0.1, 0.15) is 51.8 Å². The first kappa shape index (κ1) is 17.4. The molecule has 0 N–H and O–H groups in total. The van der Waals surface area contributed by atoms with Crippen molar-refractivity contribution in [2.24, 2.45) is 0 Å². The molecule has 1 unspecified atom stereocenters. The highest BCUT2D eigenvalue weighted by molar-refractivity contribution is 7.89. The molecule has 1 aliphatic rings. The van der Waals surface area contributed by atoms with Crippen LogP contribution in [0.2, 0.25) is 0 Å². The van der Waals surface area contributed by atoms with Crippen molar-refractivity contribution in [1.29, 1.82) is 0 Å². The van der Waals surface area contributed by atoms with E-state index in [1.807, 2.05) is 18.2 Å². The third-order valence-corrected chi connectivity index (χ3v) is 7.08. The van der Waals surface area contributed by atoms with Crippen molar-refractivity contribution in [3.63, 3.8) is 0 Å². The predicted molar refractivity (Wildman–Crippen MR) is 97.6 cm³/mol. The van der Waals surface area contributed by atoms with Crippen molar-refractivity contribution in [1.82, 2.24) is 13.9 Å². The van der Waals surface area contributed by atoms with E-state index < -0.39 is 10.0 Å². The quantitative estimate of drug-likeness (QED) is 0.832. The fourth-order valence-corrected chi connectivity index (χ4v) is 4.91. The molecule has 1 atom stereocenters. The maximum Gasteiger partial charge on any atom is 0.216 e. The van der Waals surface area contributed by atoms with Crippen LogP contribution in [0.15, 0.2) is 24.3 Å². The Bertz CT molecular complexity index is 811. The molecule has 1 aromatic heterocycles. The molecular weight excluding hydrogens is 322 g/mol. The Balaban J connectivity index is 1.96. The topological polar surface area (TPSA) is 55.2 Å². The lowest BCUT2D eigenvalue weighted by atomic mass is 9.99. The maximum atomic E-state index is 12.5. The Morgan fingerprint density at radius 2 is 2.04 bits per heavy atom. The molecule has 2 heterocycles. The predicted octanol–water partition coefficient (Wildman–Crippen LogP) is 3.36. The largest absolute Gasteiger partial charge is 0.328 e. The molecule has 3 rings (SSSR count). The lowest BCUT2D eigenvalue weighted by Gasteiger charge is -2.33. The SMILES string of the molecule is CCCn1c(C2CCCN(S(=O)(=O)C(C)C)C2)nc2ccccc21. The number of para-hydroxylation sites is 2. The van der Waals surface area contributed by atoms with Gasteiger partial charge in [0, 0.05) is 25.6 Å². The number of fused-ring (bicyclic) bond motifs is 1. The molecular formula is C18H27N3O2S. The molecule has 0 bridgehead atoms. The number of imidazole rings is 1. The zero-order chi connectivity index (χ0) is 17.3. The van der Waals surface area contributed by atoms with Gasteiger partial charge in [0.05, 0.1) is 16.3 Å². The monoisotopic (exact) mass is 349 g/mol. The summed E-state index contributed by atoms with van der Waals surface area (Å²) in [5.74, 6) is 1.22. The average Bonchev–Trinajstić information content (AvgIpc) is 2.94. The summed E-state index contributed by atoms with van der Waals surface area (Å²) in [5.41, 5.74) is 2.16. The summed E-state index contributed by atoms with van der Waals surface area (Å²) >= 11 is 0. The molecule has 0 aliphatic carbocycles. The zero-order valence-corrected chi connectivity index (χ0v) is 15.6. The van der Waals surface area contributed by atoms with E-state index in [2.05, 4.69) is 17.6 Å². The summed E-state index contributed by atoms with van der Waals surface area (Å²) < 4.78 is 29.0. The molecule has 0 saturated carbocycles. The Morgan fingerprint density at radius 3 is 2.75 bits per heavy atom. The highest BCUT2D eigenvalue weighted by atomic mass is 32.2. The van der Waals surface area contributed by atoms with Gasteiger partial charge >= 0.3 is 0 Å². The van der Waals surface area contributed by atoms with Crippen LogP contribution in [-0.2, 0) is 16.6 Å². The maximum absolute atomic E-state index is 12.5. The van der Waals surface area contributed by atoms with Crippen LogP contribution in [0.3, 0.4) is 0 Å². The van der Waals surface area contributed by atoms with Gasteiger partial charge in [-0.25, -0.2) is 17.7 Å². The van der Waals surface area contributed by atoms with E-state index in [4.69, 9.17) is 4.98 Å². The highest BCUT2D eigenvalue weighted by Gasteiger charge is 2.33. The molecule has 24 heavy (non-hydrogen) atoms. The third-order valence-electron chi connectivity index (χ3n) is 4.84. The van der Waals surface area contributed by atoms with Crippen LogP contribution in [0.5, 0.6) is 0 Å². The van der Waals surface area contributed by atoms with Crippen molar-refractivity contribution in [2.45, 2.75) is 57.7 Å². The van der Waals surface area contributed by atoms with Crippen LogP contribution in [0, 0.1) is 0 Å². The van der Waals surface area contributed by atoms with Gasteiger partial charge in [0.2, 0.25) is 10.0 Å². The van der Waals surface area contributed by atoms with E-state index >= 15 is 0 Å². The second-order valence-electron chi connectivity index (χ2n) is 6.90. The van der Waals surface area contributed by atoms with Crippen LogP contribution < -0.4 is 0 Å². The third kappa shape index (κ3) is 3.09. The Morgan fingerprint density at radius 1 is 1.29 bits per heavy atom. The number of hydrogen-bond donors (Lipinski definition) is 0. The fraction of sp³-hybridized carbons (Fsp3) is 0.611. The van der Waals surface area contributed by atoms with Gasteiger partial charge in [0.25, 0.3) is 0 Å².